The Morgan fingerprint density at radius 3 is 2.57 bits per heavy atom. The number of benzene rings is 1. The van der Waals surface area contributed by atoms with Crippen molar-refractivity contribution in [2.45, 2.75) is 32.6 Å². The first-order chi connectivity index (χ1) is 10.2. The zero-order valence-electron chi connectivity index (χ0n) is 12.7. The maximum atomic E-state index is 12.0. The van der Waals surface area contributed by atoms with Gasteiger partial charge in [0.15, 0.2) is 5.78 Å². The van der Waals surface area contributed by atoms with Gasteiger partial charge in [0.2, 0.25) is 0 Å². The standard InChI is InChI=1S/C17H24N2O2/c1-2-16(20)14-5-7-15(8-6-14)17(21)19-11-9-13-4-3-10-18-12-13/h5-8,13,18H,2-4,9-12H2,1H3,(H,19,21). The Morgan fingerprint density at radius 1 is 1.24 bits per heavy atom. The van der Waals surface area contributed by atoms with E-state index in [0.717, 1.165) is 19.5 Å². The van der Waals surface area contributed by atoms with Gasteiger partial charge >= 0.3 is 0 Å². The molecule has 1 amide bonds. The molecule has 1 unspecified atom stereocenters. The molecular formula is C17H24N2O2. The average molecular weight is 288 g/mol. The molecule has 21 heavy (non-hydrogen) atoms. The highest BCUT2D eigenvalue weighted by molar-refractivity contribution is 5.98. The minimum atomic E-state index is -0.0609. The zero-order chi connectivity index (χ0) is 15.1. The van der Waals surface area contributed by atoms with E-state index in [1.165, 1.54) is 12.8 Å². The third-order valence-electron chi connectivity index (χ3n) is 4.03. The molecule has 1 fully saturated rings. The van der Waals surface area contributed by atoms with Crippen LogP contribution in [0.4, 0.5) is 0 Å². The Kier molecular flexibility index (Phi) is 5.93. The van der Waals surface area contributed by atoms with E-state index < -0.39 is 0 Å². The first kappa shape index (κ1) is 15.7. The highest BCUT2D eigenvalue weighted by Gasteiger charge is 2.13. The molecule has 0 spiro atoms. The molecule has 0 radical (unpaired) electrons. The Bertz CT molecular complexity index is 476. The van der Waals surface area contributed by atoms with Gasteiger partial charge < -0.3 is 10.6 Å². The lowest BCUT2D eigenvalue weighted by molar-refractivity contribution is 0.0947. The van der Waals surface area contributed by atoms with Crippen molar-refractivity contribution in [2.75, 3.05) is 19.6 Å². The molecule has 2 rings (SSSR count). The van der Waals surface area contributed by atoms with Crippen LogP contribution in [0, 0.1) is 5.92 Å². The van der Waals surface area contributed by atoms with E-state index in [9.17, 15) is 9.59 Å². The maximum Gasteiger partial charge on any atom is 0.251 e. The molecule has 1 aliphatic rings. The van der Waals surface area contributed by atoms with E-state index in [1.54, 1.807) is 24.3 Å². The van der Waals surface area contributed by atoms with Crippen LogP contribution in [0.5, 0.6) is 0 Å². The molecule has 1 saturated heterocycles. The number of piperidine rings is 1. The lowest BCUT2D eigenvalue weighted by atomic mass is 9.96. The summed E-state index contributed by atoms with van der Waals surface area (Å²) in [5, 5.41) is 6.34. The number of carbonyl (C=O) groups excluding carboxylic acids is 2. The molecule has 1 aliphatic heterocycles. The van der Waals surface area contributed by atoms with Crippen LogP contribution in [0.15, 0.2) is 24.3 Å². The van der Waals surface area contributed by atoms with Gasteiger partial charge in [-0.1, -0.05) is 19.1 Å². The van der Waals surface area contributed by atoms with Crippen LogP contribution in [0.1, 0.15) is 53.3 Å². The van der Waals surface area contributed by atoms with Crippen LogP contribution in [-0.2, 0) is 0 Å². The summed E-state index contributed by atoms with van der Waals surface area (Å²) in [6, 6.07) is 6.90. The van der Waals surface area contributed by atoms with Crippen LogP contribution in [0.3, 0.4) is 0 Å². The third kappa shape index (κ3) is 4.67. The number of Topliss-reactive ketones (excluding diaryl/α,β-unsaturated/α-hetero) is 1. The van der Waals surface area contributed by atoms with E-state index in [-0.39, 0.29) is 11.7 Å². The minimum absolute atomic E-state index is 0.0609. The lowest BCUT2D eigenvalue weighted by Crippen LogP contribution is -2.33. The largest absolute Gasteiger partial charge is 0.352 e. The SMILES string of the molecule is CCC(=O)c1ccc(C(=O)NCCC2CCCNC2)cc1. The van der Waals surface area contributed by atoms with Crippen molar-refractivity contribution in [3.63, 3.8) is 0 Å². The van der Waals surface area contributed by atoms with Crippen molar-refractivity contribution in [1.29, 1.82) is 0 Å². The van der Waals surface area contributed by atoms with Gasteiger partial charge in [0, 0.05) is 24.1 Å². The molecule has 2 N–H and O–H groups in total. The van der Waals surface area contributed by atoms with Crippen LogP contribution in [0.2, 0.25) is 0 Å². The van der Waals surface area contributed by atoms with Crippen molar-refractivity contribution >= 4 is 11.7 Å². The summed E-state index contributed by atoms with van der Waals surface area (Å²) in [7, 11) is 0. The molecule has 1 atom stereocenters. The smallest absolute Gasteiger partial charge is 0.251 e. The van der Waals surface area contributed by atoms with Crippen molar-refractivity contribution in [1.82, 2.24) is 10.6 Å². The van der Waals surface area contributed by atoms with Gasteiger partial charge in [0.25, 0.3) is 5.91 Å². The number of nitrogens with one attached hydrogen (secondary N) is 2. The lowest BCUT2D eigenvalue weighted by Gasteiger charge is -2.22. The number of hydrogen-bond donors (Lipinski definition) is 2. The number of rotatable bonds is 6. The number of hydrogen-bond acceptors (Lipinski definition) is 3. The highest BCUT2D eigenvalue weighted by atomic mass is 16.1. The fourth-order valence-corrected chi connectivity index (χ4v) is 2.67. The molecule has 0 saturated carbocycles. The molecule has 114 valence electrons. The second-order valence-corrected chi connectivity index (χ2v) is 5.61. The second-order valence-electron chi connectivity index (χ2n) is 5.61. The van der Waals surface area contributed by atoms with Crippen molar-refractivity contribution < 1.29 is 9.59 Å². The van der Waals surface area contributed by atoms with Gasteiger partial charge in [-0.2, -0.15) is 0 Å². The Morgan fingerprint density at radius 2 is 1.95 bits per heavy atom. The summed E-state index contributed by atoms with van der Waals surface area (Å²) >= 11 is 0. The minimum Gasteiger partial charge on any atom is -0.352 e. The first-order valence-electron chi connectivity index (χ1n) is 7.83. The molecule has 1 aromatic carbocycles. The van der Waals surface area contributed by atoms with Gasteiger partial charge in [-0.3, -0.25) is 9.59 Å². The van der Waals surface area contributed by atoms with Crippen LogP contribution in [0.25, 0.3) is 0 Å². The third-order valence-corrected chi connectivity index (χ3v) is 4.03. The summed E-state index contributed by atoms with van der Waals surface area (Å²) < 4.78 is 0. The van der Waals surface area contributed by atoms with Crippen LogP contribution in [-0.4, -0.2) is 31.3 Å². The van der Waals surface area contributed by atoms with Crippen LogP contribution < -0.4 is 10.6 Å². The summed E-state index contributed by atoms with van der Waals surface area (Å²) in [6.45, 7) is 4.72. The molecule has 0 bridgehead atoms. The summed E-state index contributed by atoms with van der Waals surface area (Å²) in [5.74, 6) is 0.713. The topological polar surface area (TPSA) is 58.2 Å². The summed E-state index contributed by atoms with van der Waals surface area (Å²) in [6.07, 6.45) is 3.98. The van der Waals surface area contributed by atoms with E-state index in [4.69, 9.17) is 0 Å². The Labute approximate surface area is 126 Å². The summed E-state index contributed by atoms with van der Waals surface area (Å²) in [5.41, 5.74) is 1.28. The van der Waals surface area contributed by atoms with Crippen molar-refractivity contribution in [3.05, 3.63) is 35.4 Å². The monoisotopic (exact) mass is 288 g/mol. The van der Waals surface area contributed by atoms with E-state index in [2.05, 4.69) is 10.6 Å². The number of carbonyl (C=O) groups is 2. The van der Waals surface area contributed by atoms with E-state index in [1.807, 2.05) is 6.92 Å². The predicted molar refractivity (Wildman–Crippen MR) is 83.6 cm³/mol. The predicted octanol–water partition coefficient (Wildman–Crippen LogP) is 2.40. The number of ketones is 1. The van der Waals surface area contributed by atoms with Gasteiger partial charge in [-0.05, 0) is 50.4 Å². The Hall–Kier alpha value is -1.68. The molecule has 1 heterocycles. The van der Waals surface area contributed by atoms with Gasteiger partial charge in [0.05, 0.1) is 0 Å². The molecule has 1 aromatic rings. The second kappa shape index (κ2) is 7.93. The fraction of sp³-hybridized carbons (Fsp3) is 0.529. The van der Waals surface area contributed by atoms with Crippen LogP contribution >= 0.6 is 0 Å². The quantitative estimate of drug-likeness (QED) is 0.790. The Balaban J connectivity index is 1.78. The number of amides is 1. The molecule has 0 aromatic heterocycles. The van der Waals surface area contributed by atoms with Gasteiger partial charge in [0.1, 0.15) is 0 Å². The average Bonchev–Trinajstić information content (AvgIpc) is 2.55. The summed E-state index contributed by atoms with van der Waals surface area (Å²) in [4.78, 5) is 23.6. The van der Waals surface area contributed by atoms with Gasteiger partial charge in [-0.25, -0.2) is 0 Å². The zero-order valence-corrected chi connectivity index (χ0v) is 12.7. The molecular weight excluding hydrogens is 264 g/mol. The highest BCUT2D eigenvalue weighted by Crippen LogP contribution is 2.13. The fourth-order valence-electron chi connectivity index (χ4n) is 2.67. The molecule has 4 heteroatoms. The van der Waals surface area contributed by atoms with E-state index >= 15 is 0 Å². The first-order valence-corrected chi connectivity index (χ1v) is 7.83. The molecule has 4 nitrogen and oxygen atoms in total. The van der Waals surface area contributed by atoms with Crippen molar-refractivity contribution in [2.24, 2.45) is 5.92 Å². The van der Waals surface area contributed by atoms with Crippen molar-refractivity contribution in [3.8, 4) is 0 Å². The van der Waals surface area contributed by atoms with E-state index in [0.29, 0.717) is 30.0 Å². The van der Waals surface area contributed by atoms with Gasteiger partial charge in [-0.15, -0.1) is 0 Å². The normalized spacial score (nSPS) is 18.2. The maximum absolute atomic E-state index is 12.0. The molecule has 0 aliphatic carbocycles.